The van der Waals surface area contributed by atoms with E-state index in [4.69, 9.17) is 0 Å². The molecular weight excluding hydrogens is 306 g/mol. The molecule has 2 heterocycles. The van der Waals surface area contributed by atoms with E-state index in [9.17, 15) is 0 Å². The third-order valence-electron chi connectivity index (χ3n) is 3.28. The van der Waals surface area contributed by atoms with Gasteiger partial charge in [0.2, 0.25) is 0 Å². The Morgan fingerprint density at radius 3 is 2.78 bits per heavy atom. The van der Waals surface area contributed by atoms with Crippen LogP contribution in [0.25, 0.3) is 0 Å². The lowest BCUT2D eigenvalue weighted by molar-refractivity contribution is 0.784. The SMILES string of the molecule is CCNC(=NCCc1ccccn1)NCCc1csc(CC)n1. The molecule has 0 aliphatic carbocycles. The van der Waals surface area contributed by atoms with E-state index in [1.54, 1.807) is 11.3 Å². The smallest absolute Gasteiger partial charge is 0.191 e. The van der Waals surface area contributed by atoms with Gasteiger partial charge >= 0.3 is 0 Å². The summed E-state index contributed by atoms with van der Waals surface area (Å²) >= 11 is 1.74. The van der Waals surface area contributed by atoms with Gasteiger partial charge in [-0.15, -0.1) is 11.3 Å². The lowest BCUT2D eigenvalue weighted by Gasteiger charge is -2.10. The van der Waals surface area contributed by atoms with Gasteiger partial charge in [0.25, 0.3) is 0 Å². The zero-order valence-corrected chi connectivity index (χ0v) is 14.7. The molecule has 5 nitrogen and oxygen atoms in total. The molecule has 124 valence electrons. The van der Waals surface area contributed by atoms with Gasteiger partial charge in [-0.25, -0.2) is 4.98 Å². The van der Waals surface area contributed by atoms with E-state index in [2.05, 4.69) is 44.8 Å². The average Bonchev–Trinajstić information content (AvgIpc) is 3.04. The van der Waals surface area contributed by atoms with E-state index in [-0.39, 0.29) is 0 Å². The molecule has 0 fully saturated rings. The number of thiazole rings is 1. The summed E-state index contributed by atoms with van der Waals surface area (Å²) in [7, 11) is 0. The third kappa shape index (κ3) is 6.36. The Morgan fingerprint density at radius 1 is 1.17 bits per heavy atom. The van der Waals surface area contributed by atoms with Gasteiger partial charge in [-0.05, 0) is 25.5 Å². The fraction of sp³-hybridized carbons (Fsp3) is 0.471. The fourth-order valence-corrected chi connectivity index (χ4v) is 2.88. The van der Waals surface area contributed by atoms with Crippen molar-refractivity contribution in [2.75, 3.05) is 19.6 Å². The van der Waals surface area contributed by atoms with Crippen molar-refractivity contribution in [3.05, 3.63) is 46.2 Å². The highest BCUT2D eigenvalue weighted by atomic mass is 32.1. The predicted molar refractivity (Wildman–Crippen MR) is 97.1 cm³/mol. The van der Waals surface area contributed by atoms with Crippen molar-refractivity contribution >= 4 is 17.3 Å². The molecule has 0 atom stereocenters. The molecule has 2 aromatic rings. The topological polar surface area (TPSA) is 62.2 Å². The summed E-state index contributed by atoms with van der Waals surface area (Å²) in [5.74, 6) is 0.856. The summed E-state index contributed by atoms with van der Waals surface area (Å²) in [6.45, 7) is 6.62. The number of rotatable bonds is 8. The predicted octanol–water partition coefficient (Wildman–Crippen LogP) is 2.44. The first-order valence-electron chi connectivity index (χ1n) is 8.17. The molecule has 0 amide bonds. The number of aryl methyl sites for hydroxylation is 1. The van der Waals surface area contributed by atoms with E-state index in [0.717, 1.165) is 56.2 Å². The minimum atomic E-state index is 0.725. The number of nitrogens with one attached hydrogen (secondary N) is 2. The van der Waals surface area contributed by atoms with Crippen molar-refractivity contribution in [3.63, 3.8) is 0 Å². The van der Waals surface area contributed by atoms with Crippen molar-refractivity contribution in [1.82, 2.24) is 20.6 Å². The van der Waals surface area contributed by atoms with E-state index < -0.39 is 0 Å². The van der Waals surface area contributed by atoms with Gasteiger partial charge in [-0.3, -0.25) is 9.98 Å². The van der Waals surface area contributed by atoms with E-state index in [1.807, 2.05) is 24.4 Å². The maximum Gasteiger partial charge on any atom is 0.191 e. The van der Waals surface area contributed by atoms with E-state index in [0.29, 0.717) is 0 Å². The molecular formula is C17H25N5S. The lowest BCUT2D eigenvalue weighted by Crippen LogP contribution is -2.38. The van der Waals surface area contributed by atoms with Crippen LogP contribution in [-0.2, 0) is 19.3 Å². The van der Waals surface area contributed by atoms with Gasteiger partial charge in [0, 0.05) is 49.7 Å². The van der Waals surface area contributed by atoms with E-state index >= 15 is 0 Å². The lowest BCUT2D eigenvalue weighted by atomic mass is 10.3. The summed E-state index contributed by atoms with van der Waals surface area (Å²) in [6.07, 6.45) is 4.60. The van der Waals surface area contributed by atoms with Crippen molar-refractivity contribution in [2.24, 2.45) is 4.99 Å². The van der Waals surface area contributed by atoms with Crippen LogP contribution in [0.15, 0.2) is 34.8 Å². The first kappa shape index (κ1) is 17.4. The zero-order valence-electron chi connectivity index (χ0n) is 13.9. The van der Waals surface area contributed by atoms with E-state index in [1.165, 1.54) is 5.01 Å². The van der Waals surface area contributed by atoms with Gasteiger partial charge in [0.1, 0.15) is 0 Å². The van der Waals surface area contributed by atoms with Gasteiger partial charge < -0.3 is 10.6 Å². The van der Waals surface area contributed by atoms with Crippen molar-refractivity contribution in [3.8, 4) is 0 Å². The molecule has 0 aromatic carbocycles. The Balaban J connectivity index is 1.77. The molecule has 0 radical (unpaired) electrons. The summed E-state index contributed by atoms with van der Waals surface area (Å²) in [5.41, 5.74) is 2.23. The highest BCUT2D eigenvalue weighted by Gasteiger charge is 2.02. The van der Waals surface area contributed by atoms with Crippen LogP contribution in [0.2, 0.25) is 0 Å². The standard InChI is InChI=1S/C17H25N5S/c1-3-16-22-15(13-23-16)9-12-21-17(18-4-2)20-11-8-14-7-5-6-10-19-14/h5-7,10,13H,3-4,8-9,11-12H2,1-2H3,(H2,18,20,21). The largest absolute Gasteiger partial charge is 0.357 e. The quantitative estimate of drug-likeness (QED) is 0.576. The van der Waals surface area contributed by atoms with Crippen LogP contribution in [0.3, 0.4) is 0 Å². The summed E-state index contributed by atoms with van der Waals surface area (Å²) in [6, 6.07) is 5.97. The second-order valence-electron chi connectivity index (χ2n) is 5.09. The van der Waals surface area contributed by atoms with Gasteiger partial charge in [-0.2, -0.15) is 0 Å². The maximum absolute atomic E-state index is 4.60. The Kier molecular flexibility index (Phi) is 7.52. The van der Waals surface area contributed by atoms with Crippen LogP contribution in [0.1, 0.15) is 30.2 Å². The number of aliphatic imine (C=N–C) groups is 1. The molecule has 2 rings (SSSR count). The van der Waals surface area contributed by atoms with Crippen molar-refractivity contribution in [1.29, 1.82) is 0 Å². The molecule has 2 N–H and O–H groups in total. The van der Waals surface area contributed by atoms with Crippen LogP contribution < -0.4 is 10.6 Å². The van der Waals surface area contributed by atoms with Gasteiger partial charge in [0.05, 0.1) is 10.7 Å². The normalized spacial score (nSPS) is 11.5. The molecule has 6 heteroatoms. The number of hydrogen-bond acceptors (Lipinski definition) is 4. The first-order chi connectivity index (χ1) is 11.3. The summed E-state index contributed by atoms with van der Waals surface area (Å²) < 4.78 is 0. The molecule has 0 saturated carbocycles. The van der Waals surface area contributed by atoms with Crippen LogP contribution in [0.4, 0.5) is 0 Å². The summed E-state index contributed by atoms with van der Waals surface area (Å²) in [4.78, 5) is 13.5. The number of pyridine rings is 1. The van der Waals surface area contributed by atoms with Crippen LogP contribution in [-0.4, -0.2) is 35.6 Å². The number of guanidine groups is 1. The Labute approximate surface area is 142 Å². The zero-order chi connectivity index (χ0) is 16.3. The molecule has 0 saturated heterocycles. The highest BCUT2D eigenvalue weighted by molar-refractivity contribution is 7.09. The Hall–Kier alpha value is -1.95. The van der Waals surface area contributed by atoms with Crippen molar-refractivity contribution in [2.45, 2.75) is 33.1 Å². The minimum Gasteiger partial charge on any atom is -0.357 e. The Morgan fingerprint density at radius 2 is 2.09 bits per heavy atom. The molecule has 0 aliphatic heterocycles. The second kappa shape index (κ2) is 9.94. The molecule has 23 heavy (non-hydrogen) atoms. The molecule has 0 aliphatic rings. The second-order valence-corrected chi connectivity index (χ2v) is 6.04. The maximum atomic E-state index is 4.60. The van der Waals surface area contributed by atoms with Crippen molar-refractivity contribution < 1.29 is 0 Å². The molecule has 0 bridgehead atoms. The van der Waals surface area contributed by atoms with Crippen LogP contribution in [0.5, 0.6) is 0 Å². The minimum absolute atomic E-state index is 0.725. The average molecular weight is 331 g/mol. The van der Waals surface area contributed by atoms with Crippen LogP contribution >= 0.6 is 11.3 Å². The highest BCUT2D eigenvalue weighted by Crippen LogP contribution is 2.10. The molecule has 0 unspecified atom stereocenters. The monoisotopic (exact) mass is 331 g/mol. The molecule has 2 aromatic heterocycles. The number of hydrogen-bond donors (Lipinski definition) is 2. The third-order valence-corrected chi connectivity index (χ3v) is 4.33. The van der Waals surface area contributed by atoms with Crippen LogP contribution in [0, 0.1) is 0 Å². The molecule has 0 spiro atoms. The van der Waals surface area contributed by atoms with Gasteiger partial charge in [0.15, 0.2) is 5.96 Å². The first-order valence-corrected chi connectivity index (χ1v) is 9.05. The van der Waals surface area contributed by atoms with Gasteiger partial charge in [-0.1, -0.05) is 13.0 Å². The number of aromatic nitrogens is 2. The Bertz CT molecular complexity index is 594. The fourth-order valence-electron chi connectivity index (χ4n) is 2.11. The number of nitrogens with zero attached hydrogens (tertiary/aromatic N) is 3. The summed E-state index contributed by atoms with van der Waals surface area (Å²) in [5, 5.41) is 9.99.